The number of ether oxygens (including phenoxy) is 1. The van der Waals surface area contributed by atoms with E-state index in [1.165, 1.54) is 11.1 Å². The van der Waals surface area contributed by atoms with Crippen LogP contribution in [0, 0.1) is 0 Å². The van der Waals surface area contributed by atoms with E-state index in [1.54, 1.807) is 56.7 Å². The summed E-state index contributed by atoms with van der Waals surface area (Å²) in [5, 5.41) is 0. The van der Waals surface area contributed by atoms with Crippen molar-refractivity contribution in [2.24, 2.45) is 10.7 Å². The van der Waals surface area contributed by atoms with Gasteiger partial charge in [-0.1, -0.05) is 6.58 Å². The van der Waals surface area contributed by atoms with Crippen molar-refractivity contribution >= 4 is 11.9 Å². The van der Waals surface area contributed by atoms with E-state index in [1.807, 2.05) is 0 Å². The van der Waals surface area contributed by atoms with Gasteiger partial charge in [0, 0.05) is 17.5 Å². The third kappa shape index (κ3) is 4.56. The summed E-state index contributed by atoms with van der Waals surface area (Å²) < 4.78 is 31.3. The zero-order chi connectivity index (χ0) is 18.4. The van der Waals surface area contributed by atoms with Crippen molar-refractivity contribution < 1.29 is 13.5 Å². The van der Waals surface area contributed by atoms with Crippen LogP contribution in [0.25, 0.3) is 5.70 Å². The maximum atomic E-state index is 13.1. The highest BCUT2D eigenvalue weighted by Crippen LogP contribution is 2.33. The van der Waals surface area contributed by atoms with Crippen LogP contribution < -0.4 is 10.5 Å². The van der Waals surface area contributed by atoms with Crippen LogP contribution in [0.3, 0.4) is 0 Å². The largest absolute Gasteiger partial charge is 0.497 e. The number of hydrogen-bond donors (Lipinski definition) is 1. The highest BCUT2D eigenvalue weighted by molar-refractivity contribution is 5.82. The van der Waals surface area contributed by atoms with Crippen LogP contribution in [-0.2, 0) is 0 Å². The van der Waals surface area contributed by atoms with E-state index >= 15 is 0 Å². The Morgan fingerprint density at radius 2 is 2.00 bits per heavy atom. The van der Waals surface area contributed by atoms with E-state index in [9.17, 15) is 8.78 Å². The lowest BCUT2D eigenvalue weighted by Crippen LogP contribution is -2.28. The van der Waals surface area contributed by atoms with Crippen molar-refractivity contribution in [2.75, 3.05) is 13.7 Å². The number of nitrogens with two attached hydrogens (primary N) is 1. The Bertz CT molecular complexity index is 746. The quantitative estimate of drug-likeness (QED) is 0.794. The zero-order valence-corrected chi connectivity index (χ0v) is 14.2. The molecule has 2 N–H and O–H groups in total. The normalized spacial score (nSPS) is 15.6. The van der Waals surface area contributed by atoms with E-state index in [2.05, 4.69) is 11.6 Å². The van der Waals surface area contributed by atoms with E-state index < -0.39 is 13.0 Å². The SMILES string of the molecule is C=C1C=CC(N=CC(C)=CN)=C(c2ccc(OC)cc2)N1CC(F)F. The number of halogens is 2. The first kappa shape index (κ1) is 18.4. The lowest BCUT2D eigenvalue weighted by atomic mass is 10.0. The van der Waals surface area contributed by atoms with Gasteiger partial charge in [-0.3, -0.25) is 4.99 Å². The van der Waals surface area contributed by atoms with Crippen molar-refractivity contribution in [2.45, 2.75) is 13.3 Å². The molecule has 1 heterocycles. The zero-order valence-electron chi connectivity index (χ0n) is 14.2. The molecule has 0 amide bonds. The van der Waals surface area contributed by atoms with Crippen molar-refractivity contribution in [1.82, 2.24) is 4.90 Å². The van der Waals surface area contributed by atoms with Gasteiger partial charge in [-0.15, -0.1) is 0 Å². The van der Waals surface area contributed by atoms with Gasteiger partial charge < -0.3 is 15.4 Å². The fourth-order valence-electron chi connectivity index (χ4n) is 2.34. The van der Waals surface area contributed by atoms with Crippen molar-refractivity contribution in [3.8, 4) is 5.75 Å². The molecule has 1 aromatic carbocycles. The van der Waals surface area contributed by atoms with E-state index in [0.29, 0.717) is 22.8 Å². The molecule has 1 aliphatic heterocycles. The van der Waals surface area contributed by atoms with Gasteiger partial charge in [0.05, 0.1) is 25.0 Å². The van der Waals surface area contributed by atoms with Crippen LogP contribution in [0.15, 0.2) is 71.2 Å². The molecule has 0 aromatic heterocycles. The second kappa shape index (κ2) is 8.28. The molecule has 0 unspecified atom stereocenters. The number of alkyl halides is 2. The minimum absolute atomic E-state index is 0.463. The maximum Gasteiger partial charge on any atom is 0.256 e. The molecule has 2 rings (SSSR count). The minimum atomic E-state index is -2.51. The average Bonchev–Trinajstić information content (AvgIpc) is 2.61. The molecule has 0 saturated heterocycles. The molecule has 0 bridgehead atoms. The summed E-state index contributed by atoms with van der Waals surface area (Å²) in [6, 6.07) is 7.16. The summed E-state index contributed by atoms with van der Waals surface area (Å²) in [4.78, 5) is 5.88. The molecule has 4 nitrogen and oxygen atoms in total. The molecule has 6 heteroatoms. The Hall–Kier alpha value is -2.89. The first-order chi connectivity index (χ1) is 12.0. The van der Waals surface area contributed by atoms with Crippen LogP contribution in [0.2, 0.25) is 0 Å². The van der Waals surface area contributed by atoms with Crippen LogP contribution in [0.1, 0.15) is 12.5 Å². The van der Waals surface area contributed by atoms with Gasteiger partial charge in [0.2, 0.25) is 0 Å². The first-order valence-electron chi connectivity index (χ1n) is 7.70. The van der Waals surface area contributed by atoms with Gasteiger partial charge >= 0.3 is 0 Å². The summed E-state index contributed by atoms with van der Waals surface area (Å²) in [5.41, 5.74) is 8.57. The highest BCUT2D eigenvalue weighted by atomic mass is 19.3. The molecule has 0 aliphatic carbocycles. The molecule has 0 spiro atoms. The first-order valence-corrected chi connectivity index (χ1v) is 7.70. The number of aliphatic imine (C=N–C) groups is 1. The van der Waals surface area contributed by atoms with Gasteiger partial charge in [0.15, 0.2) is 0 Å². The predicted octanol–water partition coefficient (Wildman–Crippen LogP) is 3.95. The summed E-state index contributed by atoms with van der Waals surface area (Å²) in [7, 11) is 1.57. The fraction of sp³-hybridized carbons (Fsp3) is 0.211. The van der Waals surface area contributed by atoms with Gasteiger partial charge in [0.25, 0.3) is 6.43 Å². The Balaban J connectivity index is 2.56. The third-order valence-electron chi connectivity index (χ3n) is 3.65. The summed E-state index contributed by atoms with van der Waals surface area (Å²) in [6.45, 7) is 5.21. The number of hydrogen-bond acceptors (Lipinski definition) is 4. The fourth-order valence-corrected chi connectivity index (χ4v) is 2.34. The second-order valence-corrected chi connectivity index (χ2v) is 5.46. The van der Waals surface area contributed by atoms with E-state index in [-0.39, 0.29) is 0 Å². The highest BCUT2D eigenvalue weighted by Gasteiger charge is 2.23. The molecule has 1 aliphatic rings. The number of methoxy groups -OCH3 is 1. The molecular formula is C19H21F2N3O. The number of nitrogens with zero attached hydrogens (tertiary/aromatic N) is 2. The molecular weight excluding hydrogens is 324 g/mol. The predicted molar refractivity (Wildman–Crippen MR) is 97.3 cm³/mol. The summed E-state index contributed by atoms with van der Waals surface area (Å²) in [6.07, 6.45) is 3.94. The molecule has 132 valence electrons. The third-order valence-corrected chi connectivity index (χ3v) is 3.65. The standard InChI is InChI=1S/C19H21F2N3O/c1-13(10-22)11-23-17-9-4-14(2)24(12-18(20)21)19(17)15-5-7-16(25-3)8-6-15/h4-11,18H,2,12,22H2,1,3H3. The molecule has 0 fully saturated rings. The lowest BCUT2D eigenvalue weighted by molar-refractivity contribution is 0.123. The van der Waals surface area contributed by atoms with E-state index in [4.69, 9.17) is 10.5 Å². The minimum Gasteiger partial charge on any atom is -0.497 e. The van der Waals surface area contributed by atoms with Crippen LogP contribution in [0.4, 0.5) is 8.78 Å². The molecule has 0 saturated carbocycles. The van der Waals surface area contributed by atoms with Gasteiger partial charge in [0.1, 0.15) is 5.75 Å². The lowest BCUT2D eigenvalue weighted by Gasteiger charge is -2.31. The van der Waals surface area contributed by atoms with Gasteiger partial charge in [-0.25, -0.2) is 8.78 Å². The van der Waals surface area contributed by atoms with E-state index in [0.717, 1.165) is 11.1 Å². The van der Waals surface area contributed by atoms with Gasteiger partial charge in [-0.05, 0) is 55.1 Å². The van der Waals surface area contributed by atoms with Crippen molar-refractivity contribution in [1.29, 1.82) is 0 Å². The number of rotatable bonds is 6. The molecule has 1 aromatic rings. The Kier molecular flexibility index (Phi) is 6.11. The Morgan fingerprint density at radius 3 is 2.56 bits per heavy atom. The smallest absolute Gasteiger partial charge is 0.256 e. The molecule has 0 radical (unpaired) electrons. The van der Waals surface area contributed by atoms with Crippen molar-refractivity contribution in [3.05, 3.63) is 71.7 Å². The number of benzene rings is 1. The summed E-state index contributed by atoms with van der Waals surface area (Å²) >= 11 is 0. The second-order valence-electron chi connectivity index (χ2n) is 5.46. The van der Waals surface area contributed by atoms with Crippen LogP contribution in [0.5, 0.6) is 5.75 Å². The number of allylic oxidation sites excluding steroid dienone is 3. The van der Waals surface area contributed by atoms with Crippen LogP contribution >= 0.6 is 0 Å². The average molecular weight is 345 g/mol. The van der Waals surface area contributed by atoms with Crippen LogP contribution in [-0.4, -0.2) is 31.2 Å². The topological polar surface area (TPSA) is 50.9 Å². The maximum absolute atomic E-state index is 13.1. The molecule has 25 heavy (non-hydrogen) atoms. The van der Waals surface area contributed by atoms with Gasteiger partial charge in [-0.2, -0.15) is 0 Å². The Morgan fingerprint density at radius 1 is 1.32 bits per heavy atom. The summed E-state index contributed by atoms with van der Waals surface area (Å²) in [5.74, 6) is 0.682. The monoisotopic (exact) mass is 345 g/mol. The van der Waals surface area contributed by atoms with Crippen molar-refractivity contribution in [3.63, 3.8) is 0 Å². The molecule has 0 atom stereocenters. The Labute approximate surface area is 146 Å².